The maximum atomic E-state index is 9.03. The Hall–Kier alpha value is -2.46. The summed E-state index contributed by atoms with van der Waals surface area (Å²) in [6.45, 7) is 2.39. The SMILES string of the molecule is CCC(CCOc1cc2ccccc2o1)c1ccccc1OCO. The third-order valence-corrected chi connectivity index (χ3v) is 4.19. The smallest absolute Gasteiger partial charge is 0.285 e. The molecule has 126 valence electrons. The standard InChI is InChI=1S/C20H22O4/c1-2-15(17-8-4-6-10-19(17)23-14-21)11-12-22-20-13-16-7-3-5-9-18(16)24-20/h3-10,13,15,21H,2,11-12,14H2,1H3. The Morgan fingerprint density at radius 3 is 2.62 bits per heavy atom. The zero-order valence-electron chi connectivity index (χ0n) is 13.8. The fourth-order valence-corrected chi connectivity index (χ4v) is 2.93. The minimum absolute atomic E-state index is 0.303. The first-order valence-electron chi connectivity index (χ1n) is 8.25. The number of hydrogen-bond donors (Lipinski definition) is 1. The third-order valence-electron chi connectivity index (χ3n) is 4.19. The van der Waals surface area contributed by atoms with Crippen LogP contribution < -0.4 is 9.47 Å². The topological polar surface area (TPSA) is 51.8 Å². The van der Waals surface area contributed by atoms with E-state index < -0.39 is 0 Å². The van der Waals surface area contributed by atoms with Gasteiger partial charge < -0.3 is 19.0 Å². The van der Waals surface area contributed by atoms with Crippen molar-refractivity contribution in [3.8, 4) is 11.7 Å². The molecule has 0 spiro atoms. The molecule has 3 rings (SSSR count). The van der Waals surface area contributed by atoms with Crippen LogP contribution >= 0.6 is 0 Å². The largest absolute Gasteiger partial charge is 0.467 e. The minimum atomic E-state index is -0.317. The van der Waals surface area contributed by atoms with Crippen molar-refractivity contribution in [2.45, 2.75) is 25.7 Å². The second-order valence-electron chi connectivity index (χ2n) is 5.66. The molecule has 0 aliphatic rings. The molecule has 0 saturated carbocycles. The van der Waals surface area contributed by atoms with E-state index in [1.165, 1.54) is 0 Å². The van der Waals surface area contributed by atoms with Crippen LogP contribution in [0.4, 0.5) is 0 Å². The van der Waals surface area contributed by atoms with Crippen LogP contribution in [0.3, 0.4) is 0 Å². The Morgan fingerprint density at radius 1 is 1.04 bits per heavy atom. The molecule has 4 heteroatoms. The monoisotopic (exact) mass is 326 g/mol. The van der Waals surface area contributed by atoms with Crippen LogP contribution in [-0.4, -0.2) is 18.5 Å². The maximum absolute atomic E-state index is 9.03. The summed E-state index contributed by atoms with van der Waals surface area (Å²) in [5.74, 6) is 1.58. The van der Waals surface area contributed by atoms with Gasteiger partial charge in [0.2, 0.25) is 0 Å². The van der Waals surface area contributed by atoms with Crippen LogP contribution in [0.1, 0.15) is 31.2 Å². The van der Waals surface area contributed by atoms with Crippen molar-refractivity contribution in [1.29, 1.82) is 0 Å². The summed E-state index contributed by atoms with van der Waals surface area (Å²) in [4.78, 5) is 0. The molecule has 1 aromatic heterocycles. The van der Waals surface area contributed by atoms with E-state index in [2.05, 4.69) is 6.92 Å². The van der Waals surface area contributed by atoms with Gasteiger partial charge in [-0.15, -0.1) is 0 Å². The molecular formula is C20H22O4. The first-order chi connectivity index (χ1) is 11.8. The highest BCUT2D eigenvalue weighted by molar-refractivity contribution is 5.78. The minimum Gasteiger partial charge on any atom is -0.467 e. The summed E-state index contributed by atoms with van der Waals surface area (Å²) >= 11 is 0. The number of furan rings is 1. The van der Waals surface area contributed by atoms with Crippen molar-refractivity contribution in [2.75, 3.05) is 13.4 Å². The number of hydrogen-bond acceptors (Lipinski definition) is 4. The summed E-state index contributed by atoms with van der Waals surface area (Å²) in [5, 5.41) is 10.1. The highest BCUT2D eigenvalue weighted by Gasteiger charge is 2.15. The van der Waals surface area contributed by atoms with Gasteiger partial charge in [-0.1, -0.05) is 43.3 Å². The number of ether oxygens (including phenoxy) is 2. The fraction of sp³-hybridized carbons (Fsp3) is 0.300. The van der Waals surface area contributed by atoms with Gasteiger partial charge in [0.05, 0.1) is 6.61 Å². The predicted octanol–water partition coefficient (Wildman–Crippen LogP) is 4.72. The van der Waals surface area contributed by atoms with Crippen molar-refractivity contribution in [2.24, 2.45) is 0 Å². The molecule has 0 bridgehead atoms. The summed E-state index contributed by atoms with van der Waals surface area (Å²) in [6, 6.07) is 17.6. The first-order valence-corrected chi connectivity index (χ1v) is 8.25. The fourth-order valence-electron chi connectivity index (χ4n) is 2.93. The summed E-state index contributed by atoms with van der Waals surface area (Å²) in [5.41, 5.74) is 1.93. The second kappa shape index (κ2) is 7.88. The Balaban J connectivity index is 1.64. The normalized spacial score (nSPS) is 12.2. The third kappa shape index (κ3) is 3.71. The van der Waals surface area contributed by atoms with Gasteiger partial charge in [-0.2, -0.15) is 0 Å². The Morgan fingerprint density at radius 2 is 1.83 bits per heavy atom. The highest BCUT2D eigenvalue weighted by Crippen LogP contribution is 2.32. The first kappa shape index (κ1) is 16.4. The second-order valence-corrected chi connectivity index (χ2v) is 5.66. The van der Waals surface area contributed by atoms with Gasteiger partial charge in [0, 0.05) is 11.5 Å². The van der Waals surface area contributed by atoms with Gasteiger partial charge in [0.25, 0.3) is 5.95 Å². The Bertz CT molecular complexity index is 745. The molecule has 0 saturated heterocycles. The van der Waals surface area contributed by atoms with Crippen LogP contribution in [0.25, 0.3) is 11.0 Å². The van der Waals surface area contributed by atoms with Gasteiger partial charge in [-0.05, 0) is 36.5 Å². The molecule has 0 aliphatic carbocycles. The van der Waals surface area contributed by atoms with E-state index in [4.69, 9.17) is 19.0 Å². The molecule has 1 unspecified atom stereocenters. The quantitative estimate of drug-likeness (QED) is 0.608. The number of benzene rings is 2. The molecule has 0 aliphatic heterocycles. The molecule has 0 amide bonds. The average Bonchev–Trinajstić information content (AvgIpc) is 3.03. The summed E-state index contributed by atoms with van der Waals surface area (Å²) in [6.07, 6.45) is 1.81. The van der Waals surface area contributed by atoms with E-state index in [1.54, 1.807) is 0 Å². The predicted molar refractivity (Wildman–Crippen MR) is 93.5 cm³/mol. The van der Waals surface area contributed by atoms with Crippen molar-refractivity contribution in [3.05, 3.63) is 60.2 Å². The average molecular weight is 326 g/mol. The molecule has 4 nitrogen and oxygen atoms in total. The zero-order valence-corrected chi connectivity index (χ0v) is 13.8. The van der Waals surface area contributed by atoms with Gasteiger partial charge in [-0.25, -0.2) is 0 Å². The molecule has 1 heterocycles. The molecule has 3 aromatic rings. The summed E-state index contributed by atoms with van der Waals surface area (Å²) < 4.78 is 16.8. The molecule has 1 N–H and O–H groups in total. The molecule has 0 radical (unpaired) electrons. The van der Waals surface area contributed by atoms with Crippen LogP contribution in [0.15, 0.2) is 59.0 Å². The van der Waals surface area contributed by atoms with Gasteiger partial charge in [-0.3, -0.25) is 0 Å². The highest BCUT2D eigenvalue weighted by atomic mass is 16.6. The van der Waals surface area contributed by atoms with Crippen molar-refractivity contribution in [1.82, 2.24) is 0 Å². The van der Waals surface area contributed by atoms with Crippen molar-refractivity contribution < 1.29 is 19.0 Å². The zero-order chi connectivity index (χ0) is 16.8. The lowest BCUT2D eigenvalue weighted by Crippen LogP contribution is -2.07. The number of aliphatic hydroxyl groups excluding tert-OH is 1. The number of para-hydroxylation sites is 2. The molecular weight excluding hydrogens is 304 g/mol. The molecule has 2 aromatic carbocycles. The maximum Gasteiger partial charge on any atom is 0.285 e. The Labute approximate surface area is 141 Å². The van der Waals surface area contributed by atoms with Crippen LogP contribution in [0, 0.1) is 0 Å². The lowest BCUT2D eigenvalue weighted by Gasteiger charge is -2.18. The van der Waals surface area contributed by atoms with E-state index in [0.717, 1.165) is 35.1 Å². The van der Waals surface area contributed by atoms with Crippen LogP contribution in [0.2, 0.25) is 0 Å². The van der Waals surface area contributed by atoms with Crippen molar-refractivity contribution >= 4 is 11.0 Å². The van der Waals surface area contributed by atoms with E-state index in [-0.39, 0.29) is 6.79 Å². The lowest BCUT2D eigenvalue weighted by molar-refractivity contribution is 0.0969. The van der Waals surface area contributed by atoms with Crippen LogP contribution in [-0.2, 0) is 0 Å². The molecule has 1 atom stereocenters. The Kier molecular flexibility index (Phi) is 5.39. The van der Waals surface area contributed by atoms with E-state index in [9.17, 15) is 0 Å². The van der Waals surface area contributed by atoms with E-state index >= 15 is 0 Å². The number of rotatable bonds is 8. The lowest BCUT2D eigenvalue weighted by atomic mass is 9.93. The van der Waals surface area contributed by atoms with Crippen LogP contribution in [0.5, 0.6) is 11.7 Å². The van der Waals surface area contributed by atoms with E-state index in [0.29, 0.717) is 18.5 Å². The van der Waals surface area contributed by atoms with Gasteiger partial charge in [0.1, 0.15) is 11.3 Å². The van der Waals surface area contributed by atoms with Gasteiger partial charge in [0.15, 0.2) is 6.79 Å². The van der Waals surface area contributed by atoms with Crippen molar-refractivity contribution in [3.63, 3.8) is 0 Å². The van der Waals surface area contributed by atoms with Gasteiger partial charge >= 0.3 is 0 Å². The number of fused-ring (bicyclic) bond motifs is 1. The summed E-state index contributed by atoms with van der Waals surface area (Å²) in [7, 11) is 0. The molecule has 0 fully saturated rings. The van der Waals surface area contributed by atoms with E-state index in [1.807, 2.05) is 54.6 Å². The number of aliphatic hydroxyl groups is 1. The molecule has 24 heavy (non-hydrogen) atoms.